The molecule has 14 heavy (non-hydrogen) atoms. The van der Waals surface area contributed by atoms with Crippen LogP contribution in [0.15, 0.2) is 12.2 Å². The summed E-state index contributed by atoms with van der Waals surface area (Å²) in [4.78, 5) is 22.5. The van der Waals surface area contributed by atoms with E-state index in [4.69, 9.17) is 9.47 Å². The molecule has 1 fully saturated rings. The third-order valence-corrected chi connectivity index (χ3v) is 2.10. The van der Waals surface area contributed by atoms with Crippen LogP contribution in [0, 0.1) is 11.8 Å². The highest BCUT2D eigenvalue weighted by atomic mass is 16.5. The number of hydrogen-bond acceptors (Lipinski definition) is 4. The molecule has 1 rings (SSSR count). The van der Waals surface area contributed by atoms with E-state index in [1.807, 2.05) is 0 Å². The Morgan fingerprint density at radius 1 is 1.14 bits per heavy atom. The predicted octanol–water partition coefficient (Wildman–Crippen LogP) is 0.915. The van der Waals surface area contributed by atoms with Gasteiger partial charge in [0.1, 0.15) is 0 Å². The summed E-state index contributed by atoms with van der Waals surface area (Å²) in [6, 6.07) is 0. The van der Waals surface area contributed by atoms with Gasteiger partial charge in [-0.2, -0.15) is 0 Å². The SMILES string of the molecule is C=C1[C@H](C(=O)OCC)[C@@H]1C(=O)OCC. The summed E-state index contributed by atoms with van der Waals surface area (Å²) in [5.74, 6) is -1.71. The van der Waals surface area contributed by atoms with Crippen molar-refractivity contribution in [3.8, 4) is 0 Å². The summed E-state index contributed by atoms with van der Waals surface area (Å²) in [5, 5.41) is 0. The van der Waals surface area contributed by atoms with Crippen LogP contribution in [0.1, 0.15) is 13.8 Å². The van der Waals surface area contributed by atoms with Crippen LogP contribution in [0.4, 0.5) is 0 Å². The second-order valence-corrected chi connectivity index (χ2v) is 3.03. The summed E-state index contributed by atoms with van der Waals surface area (Å²) < 4.78 is 9.57. The van der Waals surface area contributed by atoms with Crippen LogP contribution in [-0.2, 0) is 19.1 Å². The molecule has 0 heterocycles. The molecule has 0 aliphatic heterocycles. The predicted molar refractivity (Wildman–Crippen MR) is 49.4 cm³/mol. The first-order chi connectivity index (χ1) is 6.63. The van der Waals surface area contributed by atoms with Gasteiger partial charge in [-0.1, -0.05) is 6.58 Å². The van der Waals surface area contributed by atoms with Crippen molar-refractivity contribution in [3.05, 3.63) is 12.2 Å². The maximum atomic E-state index is 11.2. The molecule has 4 nitrogen and oxygen atoms in total. The van der Waals surface area contributed by atoms with Gasteiger partial charge < -0.3 is 9.47 Å². The van der Waals surface area contributed by atoms with Crippen LogP contribution in [0.25, 0.3) is 0 Å². The Morgan fingerprint density at radius 3 is 1.79 bits per heavy atom. The summed E-state index contributed by atoms with van der Waals surface area (Å²) in [6.45, 7) is 7.72. The Bertz CT molecular complexity index is 243. The maximum Gasteiger partial charge on any atom is 0.314 e. The largest absolute Gasteiger partial charge is 0.466 e. The highest BCUT2D eigenvalue weighted by Gasteiger charge is 2.54. The molecule has 0 aromatic carbocycles. The van der Waals surface area contributed by atoms with Crippen molar-refractivity contribution in [3.63, 3.8) is 0 Å². The minimum Gasteiger partial charge on any atom is -0.466 e. The second kappa shape index (κ2) is 4.26. The zero-order chi connectivity index (χ0) is 10.7. The summed E-state index contributed by atoms with van der Waals surface area (Å²) in [7, 11) is 0. The highest BCUT2D eigenvalue weighted by molar-refractivity contribution is 5.94. The quantitative estimate of drug-likeness (QED) is 0.497. The monoisotopic (exact) mass is 198 g/mol. The highest BCUT2D eigenvalue weighted by Crippen LogP contribution is 2.45. The smallest absolute Gasteiger partial charge is 0.314 e. The van der Waals surface area contributed by atoms with Crippen molar-refractivity contribution in [1.29, 1.82) is 0 Å². The van der Waals surface area contributed by atoms with Crippen LogP contribution < -0.4 is 0 Å². The summed E-state index contributed by atoms with van der Waals surface area (Å²) in [6.07, 6.45) is 0. The Morgan fingerprint density at radius 2 is 1.50 bits per heavy atom. The van der Waals surface area contributed by atoms with Gasteiger partial charge in [-0.3, -0.25) is 9.59 Å². The van der Waals surface area contributed by atoms with Gasteiger partial charge in [0.05, 0.1) is 25.0 Å². The first kappa shape index (κ1) is 10.8. The molecule has 78 valence electrons. The van der Waals surface area contributed by atoms with E-state index in [2.05, 4.69) is 6.58 Å². The Kier molecular flexibility index (Phi) is 3.28. The van der Waals surface area contributed by atoms with E-state index in [0.717, 1.165) is 0 Å². The van der Waals surface area contributed by atoms with Crippen molar-refractivity contribution in [2.75, 3.05) is 13.2 Å². The van der Waals surface area contributed by atoms with Crippen LogP contribution >= 0.6 is 0 Å². The van der Waals surface area contributed by atoms with Gasteiger partial charge in [-0.15, -0.1) is 0 Å². The first-order valence-electron chi connectivity index (χ1n) is 4.65. The molecule has 0 aromatic rings. The number of rotatable bonds is 4. The van der Waals surface area contributed by atoms with Crippen molar-refractivity contribution in [2.45, 2.75) is 13.8 Å². The van der Waals surface area contributed by atoms with Crippen molar-refractivity contribution < 1.29 is 19.1 Å². The van der Waals surface area contributed by atoms with E-state index in [1.165, 1.54) is 0 Å². The van der Waals surface area contributed by atoms with E-state index in [-0.39, 0.29) is 11.9 Å². The molecule has 1 aliphatic rings. The topological polar surface area (TPSA) is 52.6 Å². The van der Waals surface area contributed by atoms with Crippen LogP contribution in [0.5, 0.6) is 0 Å². The van der Waals surface area contributed by atoms with Crippen molar-refractivity contribution >= 4 is 11.9 Å². The van der Waals surface area contributed by atoms with E-state index >= 15 is 0 Å². The van der Waals surface area contributed by atoms with Crippen LogP contribution in [-0.4, -0.2) is 25.2 Å². The molecule has 2 atom stereocenters. The minimum atomic E-state index is -0.478. The molecule has 0 amide bonds. The van der Waals surface area contributed by atoms with Gasteiger partial charge >= 0.3 is 11.9 Å². The standard InChI is InChI=1S/C10H14O4/c1-4-13-9(11)7-6(3)8(7)10(12)14-5-2/h7-8H,3-5H2,1-2H3/t7-,8+. The molecule has 0 radical (unpaired) electrons. The fraction of sp³-hybridized carbons (Fsp3) is 0.600. The normalized spacial score (nSPS) is 24.3. The third kappa shape index (κ3) is 1.95. The molecule has 1 saturated carbocycles. The molecule has 0 spiro atoms. The van der Waals surface area contributed by atoms with E-state index < -0.39 is 11.8 Å². The van der Waals surface area contributed by atoms with Crippen molar-refractivity contribution in [1.82, 2.24) is 0 Å². The zero-order valence-corrected chi connectivity index (χ0v) is 8.41. The number of esters is 2. The van der Waals surface area contributed by atoms with E-state index in [0.29, 0.717) is 18.8 Å². The van der Waals surface area contributed by atoms with Gasteiger partial charge in [0, 0.05) is 0 Å². The fourth-order valence-corrected chi connectivity index (χ4v) is 1.35. The number of hydrogen-bond donors (Lipinski definition) is 0. The van der Waals surface area contributed by atoms with E-state index in [1.54, 1.807) is 13.8 Å². The lowest BCUT2D eigenvalue weighted by Gasteiger charge is -2.00. The summed E-state index contributed by atoms with van der Waals surface area (Å²) >= 11 is 0. The summed E-state index contributed by atoms with van der Waals surface area (Å²) in [5.41, 5.74) is 0.599. The Hall–Kier alpha value is -1.32. The first-order valence-corrected chi connectivity index (χ1v) is 4.65. The van der Waals surface area contributed by atoms with Crippen LogP contribution in [0.3, 0.4) is 0 Å². The van der Waals surface area contributed by atoms with Crippen LogP contribution in [0.2, 0.25) is 0 Å². The molecular weight excluding hydrogens is 184 g/mol. The number of carbonyl (C=O) groups excluding carboxylic acids is 2. The molecular formula is C10H14O4. The second-order valence-electron chi connectivity index (χ2n) is 3.03. The maximum absolute atomic E-state index is 11.2. The van der Waals surface area contributed by atoms with Gasteiger partial charge in [-0.05, 0) is 19.4 Å². The molecule has 0 N–H and O–H groups in total. The molecule has 4 heteroatoms. The fourth-order valence-electron chi connectivity index (χ4n) is 1.35. The average molecular weight is 198 g/mol. The van der Waals surface area contributed by atoms with Gasteiger partial charge in [0.25, 0.3) is 0 Å². The Labute approximate surface area is 82.9 Å². The lowest BCUT2D eigenvalue weighted by molar-refractivity contribution is -0.150. The lowest BCUT2D eigenvalue weighted by Crippen LogP contribution is -2.13. The number of carbonyl (C=O) groups is 2. The lowest BCUT2D eigenvalue weighted by atomic mass is 10.3. The minimum absolute atomic E-state index is 0.318. The van der Waals surface area contributed by atoms with Gasteiger partial charge in [-0.25, -0.2) is 0 Å². The molecule has 0 aromatic heterocycles. The average Bonchev–Trinajstić information content (AvgIpc) is 2.78. The molecule has 0 bridgehead atoms. The zero-order valence-electron chi connectivity index (χ0n) is 8.41. The number of ether oxygens (including phenoxy) is 2. The molecule has 0 unspecified atom stereocenters. The van der Waals surface area contributed by atoms with Crippen molar-refractivity contribution in [2.24, 2.45) is 11.8 Å². The van der Waals surface area contributed by atoms with Gasteiger partial charge in [0.2, 0.25) is 0 Å². The third-order valence-electron chi connectivity index (χ3n) is 2.10. The molecule has 1 aliphatic carbocycles. The van der Waals surface area contributed by atoms with Gasteiger partial charge in [0.15, 0.2) is 0 Å². The molecule has 0 saturated heterocycles. The van der Waals surface area contributed by atoms with E-state index in [9.17, 15) is 9.59 Å². The Balaban J connectivity index is 2.49.